The van der Waals surface area contributed by atoms with Crippen molar-refractivity contribution in [1.29, 1.82) is 0 Å². The van der Waals surface area contributed by atoms with Crippen LogP contribution in [0.1, 0.15) is 25.3 Å². The fourth-order valence-corrected chi connectivity index (χ4v) is 2.11. The van der Waals surface area contributed by atoms with E-state index in [1.165, 1.54) is 0 Å². The van der Waals surface area contributed by atoms with Gasteiger partial charge in [0, 0.05) is 6.07 Å². The summed E-state index contributed by atoms with van der Waals surface area (Å²) in [4.78, 5) is 26.3. The van der Waals surface area contributed by atoms with E-state index >= 15 is 0 Å². The number of aromatic hydroxyl groups is 2. The summed E-state index contributed by atoms with van der Waals surface area (Å²) in [6.45, 7) is 1.92. The van der Waals surface area contributed by atoms with Crippen LogP contribution in [-0.4, -0.2) is 33.3 Å². The van der Waals surface area contributed by atoms with Gasteiger partial charge in [0.05, 0.1) is 0 Å². The Morgan fingerprint density at radius 1 is 1.24 bits per heavy atom. The molecule has 0 unspecified atom stereocenters. The largest absolute Gasteiger partial charge is 0.494 e. The number of ether oxygens (including phenoxy) is 2. The molecule has 0 radical (unpaired) electrons. The molecule has 0 saturated carbocycles. The van der Waals surface area contributed by atoms with Gasteiger partial charge in [0.1, 0.15) is 12.6 Å². The zero-order chi connectivity index (χ0) is 18.2. The lowest BCUT2D eigenvalue weighted by Gasteiger charge is -2.16. The van der Waals surface area contributed by atoms with E-state index in [4.69, 9.17) is 9.47 Å². The number of alkyl carbamates (subject to hydrolysis) is 1. The minimum Gasteiger partial charge on any atom is -0.494 e. The Hall–Kier alpha value is -3.16. The minimum absolute atomic E-state index is 0.0764. The van der Waals surface area contributed by atoms with E-state index in [0.717, 1.165) is 11.6 Å². The quantitative estimate of drug-likeness (QED) is 0.570. The highest BCUT2D eigenvalue weighted by Crippen LogP contribution is 2.29. The molecule has 8 nitrogen and oxygen atoms in total. The normalized spacial score (nSPS) is 11.6. The van der Waals surface area contributed by atoms with Crippen LogP contribution in [-0.2, 0) is 16.1 Å². The van der Waals surface area contributed by atoms with Gasteiger partial charge in [-0.1, -0.05) is 43.7 Å². The van der Waals surface area contributed by atoms with Crippen LogP contribution in [0.15, 0.2) is 36.4 Å². The molecule has 0 bridgehead atoms. The van der Waals surface area contributed by atoms with Crippen LogP contribution in [0, 0.1) is 0 Å². The SMILES string of the molecule is CCC[C@H](NC(=O)OCc1ccccc1)C(=O)Oc1cc(O)[nH]c1O. The number of hydrogen-bond donors (Lipinski definition) is 4. The number of carbonyl (C=O) groups excluding carboxylic acids is 2. The van der Waals surface area contributed by atoms with Crippen molar-refractivity contribution in [2.24, 2.45) is 0 Å². The highest BCUT2D eigenvalue weighted by molar-refractivity contribution is 5.83. The third-order valence-electron chi connectivity index (χ3n) is 3.32. The molecule has 2 rings (SSSR count). The van der Waals surface area contributed by atoms with Crippen molar-refractivity contribution in [1.82, 2.24) is 10.3 Å². The molecule has 1 heterocycles. The Morgan fingerprint density at radius 2 is 1.96 bits per heavy atom. The molecule has 1 aromatic carbocycles. The van der Waals surface area contributed by atoms with Crippen molar-refractivity contribution in [2.75, 3.05) is 0 Å². The Morgan fingerprint density at radius 3 is 2.56 bits per heavy atom. The van der Waals surface area contributed by atoms with Crippen molar-refractivity contribution in [3.63, 3.8) is 0 Å². The van der Waals surface area contributed by atoms with E-state index < -0.39 is 24.0 Å². The summed E-state index contributed by atoms with van der Waals surface area (Å²) in [5.74, 6) is -1.81. The second-order valence-corrected chi connectivity index (χ2v) is 5.34. The van der Waals surface area contributed by atoms with Crippen LogP contribution in [0.2, 0.25) is 0 Å². The first-order valence-corrected chi connectivity index (χ1v) is 7.79. The summed E-state index contributed by atoms with van der Waals surface area (Å²) in [6.07, 6.45) is 0.194. The first-order chi connectivity index (χ1) is 12.0. The lowest BCUT2D eigenvalue weighted by molar-refractivity contribution is -0.137. The fourth-order valence-electron chi connectivity index (χ4n) is 2.11. The van der Waals surface area contributed by atoms with Gasteiger partial charge in [0.2, 0.25) is 5.88 Å². The van der Waals surface area contributed by atoms with Crippen molar-refractivity contribution in [2.45, 2.75) is 32.4 Å². The second kappa shape index (κ2) is 8.62. The van der Waals surface area contributed by atoms with Gasteiger partial charge < -0.3 is 25.0 Å². The number of nitrogens with one attached hydrogen (secondary N) is 2. The monoisotopic (exact) mass is 348 g/mol. The standard InChI is InChI=1S/C17H20N2O6/c1-2-6-12(16(22)25-13-9-14(20)19-15(13)21)18-17(23)24-10-11-7-4-3-5-8-11/h3-5,7-9,12,19-21H,2,6,10H2,1H3,(H,18,23)/t12-/m0/s1. The van der Waals surface area contributed by atoms with Crippen LogP contribution < -0.4 is 10.1 Å². The van der Waals surface area contributed by atoms with E-state index in [0.29, 0.717) is 12.8 Å². The number of aromatic nitrogens is 1. The number of carbonyl (C=O) groups is 2. The maximum atomic E-state index is 12.2. The van der Waals surface area contributed by atoms with Gasteiger partial charge in [-0.05, 0) is 12.0 Å². The number of H-pyrrole nitrogens is 1. The topological polar surface area (TPSA) is 121 Å². The average molecular weight is 348 g/mol. The Bertz CT molecular complexity index is 713. The average Bonchev–Trinajstić information content (AvgIpc) is 2.90. The second-order valence-electron chi connectivity index (χ2n) is 5.34. The molecular formula is C17H20N2O6. The van der Waals surface area contributed by atoms with Gasteiger partial charge in [-0.2, -0.15) is 0 Å². The van der Waals surface area contributed by atoms with Crippen LogP contribution in [0.3, 0.4) is 0 Å². The van der Waals surface area contributed by atoms with Gasteiger partial charge in [0.25, 0.3) is 0 Å². The Balaban J connectivity index is 1.91. The molecule has 4 N–H and O–H groups in total. The van der Waals surface area contributed by atoms with E-state index in [1.54, 1.807) is 0 Å². The van der Waals surface area contributed by atoms with E-state index in [2.05, 4.69) is 10.3 Å². The summed E-state index contributed by atoms with van der Waals surface area (Å²) in [5, 5.41) is 21.1. The summed E-state index contributed by atoms with van der Waals surface area (Å²) >= 11 is 0. The van der Waals surface area contributed by atoms with Gasteiger partial charge in [-0.3, -0.25) is 4.98 Å². The lowest BCUT2D eigenvalue weighted by Crippen LogP contribution is -2.43. The number of rotatable bonds is 7. The third kappa shape index (κ3) is 5.45. The molecule has 25 heavy (non-hydrogen) atoms. The first-order valence-electron chi connectivity index (χ1n) is 7.79. The molecule has 0 aliphatic carbocycles. The van der Waals surface area contributed by atoms with Gasteiger partial charge >= 0.3 is 12.1 Å². The predicted octanol–water partition coefficient (Wildman–Crippen LogP) is 2.43. The molecule has 2 aromatic rings. The fraction of sp³-hybridized carbons (Fsp3) is 0.294. The molecule has 0 saturated heterocycles. The van der Waals surface area contributed by atoms with Crippen molar-refractivity contribution in [3.8, 4) is 17.5 Å². The van der Waals surface area contributed by atoms with Crippen LogP contribution in [0.25, 0.3) is 0 Å². The molecule has 1 amide bonds. The van der Waals surface area contributed by atoms with E-state index in [-0.39, 0.29) is 18.2 Å². The highest BCUT2D eigenvalue weighted by atomic mass is 16.6. The first kappa shape index (κ1) is 18.2. The van der Waals surface area contributed by atoms with Gasteiger partial charge in [-0.15, -0.1) is 0 Å². The van der Waals surface area contributed by atoms with Crippen molar-refractivity contribution in [3.05, 3.63) is 42.0 Å². The molecule has 1 atom stereocenters. The maximum absolute atomic E-state index is 12.2. The van der Waals surface area contributed by atoms with Gasteiger partial charge in [-0.25, -0.2) is 9.59 Å². The number of benzene rings is 1. The predicted molar refractivity (Wildman–Crippen MR) is 88.2 cm³/mol. The third-order valence-corrected chi connectivity index (χ3v) is 3.32. The lowest BCUT2D eigenvalue weighted by atomic mass is 10.2. The van der Waals surface area contributed by atoms with Crippen LogP contribution in [0.4, 0.5) is 4.79 Å². The molecule has 0 aliphatic rings. The summed E-state index contributed by atoms with van der Waals surface area (Å²) in [6, 6.07) is 9.25. The number of aromatic amines is 1. The Kier molecular flexibility index (Phi) is 6.27. The number of esters is 1. The zero-order valence-electron chi connectivity index (χ0n) is 13.7. The molecule has 1 aromatic heterocycles. The van der Waals surface area contributed by atoms with Crippen LogP contribution >= 0.6 is 0 Å². The zero-order valence-corrected chi connectivity index (χ0v) is 13.7. The maximum Gasteiger partial charge on any atom is 0.408 e. The Labute approximate surface area is 144 Å². The van der Waals surface area contributed by atoms with Crippen molar-refractivity contribution >= 4 is 12.1 Å². The summed E-state index contributed by atoms with van der Waals surface area (Å²) in [7, 11) is 0. The molecular weight excluding hydrogens is 328 g/mol. The molecule has 0 fully saturated rings. The molecule has 8 heteroatoms. The van der Waals surface area contributed by atoms with E-state index in [1.807, 2.05) is 37.3 Å². The summed E-state index contributed by atoms with van der Waals surface area (Å²) in [5.41, 5.74) is 0.819. The summed E-state index contributed by atoms with van der Waals surface area (Å²) < 4.78 is 10.1. The van der Waals surface area contributed by atoms with Gasteiger partial charge in [0.15, 0.2) is 11.6 Å². The van der Waals surface area contributed by atoms with Crippen LogP contribution in [0.5, 0.6) is 17.5 Å². The molecule has 0 spiro atoms. The number of hydrogen-bond acceptors (Lipinski definition) is 6. The smallest absolute Gasteiger partial charge is 0.408 e. The molecule has 134 valence electrons. The number of amides is 1. The van der Waals surface area contributed by atoms with Crippen molar-refractivity contribution < 1.29 is 29.3 Å². The van der Waals surface area contributed by atoms with E-state index in [9.17, 15) is 19.8 Å². The minimum atomic E-state index is -0.940. The highest BCUT2D eigenvalue weighted by Gasteiger charge is 2.24. The molecule has 0 aliphatic heterocycles.